The first kappa shape index (κ1) is 20.6. The Morgan fingerprint density at radius 3 is 2.52 bits per heavy atom. The monoisotopic (exact) mass is 397 g/mol. The van der Waals surface area contributed by atoms with Gasteiger partial charge in [0.05, 0.1) is 6.61 Å². The number of piperazine rings is 1. The Morgan fingerprint density at radius 2 is 1.83 bits per heavy atom. The largest absolute Gasteiger partial charge is 0.450 e. The Hall–Kier alpha value is -3.16. The van der Waals surface area contributed by atoms with Crippen LogP contribution in [0.3, 0.4) is 0 Å². The lowest BCUT2D eigenvalue weighted by molar-refractivity contribution is 0.0945. The van der Waals surface area contributed by atoms with Gasteiger partial charge in [0.15, 0.2) is 0 Å². The minimum Gasteiger partial charge on any atom is -0.450 e. The first-order valence-electron chi connectivity index (χ1n) is 9.83. The van der Waals surface area contributed by atoms with Crippen LogP contribution in [-0.4, -0.2) is 59.7 Å². The average Bonchev–Trinajstić information content (AvgIpc) is 2.73. The highest BCUT2D eigenvalue weighted by atomic mass is 16.6. The van der Waals surface area contributed by atoms with Gasteiger partial charge in [0.1, 0.15) is 17.3 Å². The van der Waals surface area contributed by atoms with Crippen LogP contribution >= 0.6 is 0 Å². The van der Waals surface area contributed by atoms with E-state index in [9.17, 15) is 9.59 Å². The first-order chi connectivity index (χ1) is 14.0. The topological polar surface area (TPSA) is 87.7 Å². The number of benzene rings is 1. The highest BCUT2D eigenvalue weighted by molar-refractivity contribution is 5.93. The van der Waals surface area contributed by atoms with Crippen LogP contribution in [0, 0.1) is 13.8 Å². The zero-order valence-electron chi connectivity index (χ0n) is 17.1. The van der Waals surface area contributed by atoms with E-state index in [2.05, 4.69) is 20.2 Å². The Bertz CT molecular complexity index is 878. The molecule has 1 aromatic heterocycles. The molecule has 2 amide bonds. The van der Waals surface area contributed by atoms with E-state index in [1.807, 2.05) is 31.2 Å². The molecule has 1 saturated heterocycles. The molecule has 0 atom stereocenters. The first-order valence-corrected chi connectivity index (χ1v) is 9.83. The van der Waals surface area contributed by atoms with Crippen LogP contribution < -0.4 is 10.2 Å². The number of nitrogens with one attached hydrogen (secondary N) is 1. The number of hydrogen-bond donors (Lipinski definition) is 1. The molecule has 1 aliphatic heterocycles. The molecular weight excluding hydrogens is 370 g/mol. The summed E-state index contributed by atoms with van der Waals surface area (Å²) in [5.74, 6) is 1.00. The van der Waals surface area contributed by atoms with E-state index < -0.39 is 0 Å². The number of anilines is 1. The lowest BCUT2D eigenvalue weighted by atomic mass is 10.1. The molecule has 8 heteroatoms. The van der Waals surface area contributed by atoms with Crippen LogP contribution in [0.15, 0.2) is 30.3 Å². The normalized spacial score (nSPS) is 13.9. The zero-order chi connectivity index (χ0) is 20.8. The van der Waals surface area contributed by atoms with Gasteiger partial charge < -0.3 is 19.9 Å². The molecule has 0 unspecified atom stereocenters. The van der Waals surface area contributed by atoms with E-state index in [4.69, 9.17) is 4.74 Å². The number of carbonyl (C=O) groups is 2. The molecule has 29 heavy (non-hydrogen) atoms. The fourth-order valence-corrected chi connectivity index (χ4v) is 3.24. The van der Waals surface area contributed by atoms with Crippen molar-refractivity contribution >= 4 is 17.8 Å². The molecule has 8 nitrogen and oxygen atoms in total. The number of ether oxygens (including phenoxy) is 1. The summed E-state index contributed by atoms with van der Waals surface area (Å²) in [5, 5.41) is 2.93. The molecule has 0 bridgehead atoms. The molecule has 3 rings (SSSR count). The molecule has 1 fully saturated rings. The fraction of sp³-hybridized carbons (Fsp3) is 0.429. The van der Waals surface area contributed by atoms with Gasteiger partial charge in [-0.25, -0.2) is 14.8 Å². The maximum absolute atomic E-state index is 12.6. The predicted octanol–water partition coefficient (Wildman–Crippen LogP) is 2.30. The molecule has 0 aliphatic carbocycles. The maximum Gasteiger partial charge on any atom is 0.409 e. The van der Waals surface area contributed by atoms with Crippen LogP contribution in [0.25, 0.3) is 0 Å². The van der Waals surface area contributed by atoms with E-state index in [0.717, 1.165) is 11.1 Å². The summed E-state index contributed by atoms with van der Waals surface area (Å²) < 4.78 is 5.05. The maximum atomic E-state index is 12.6. The van der Waals surface area contributed by atoms with Gasteiger partial charge in [-0.3, -0.25) is 4.79 Å². The van der Waals surface area contributed by atoms with Gasteiger partial charge in [0.2, 0.25) is 0 Å². The molecule has 0 saturated carbocycles. The van der Waals surface area contributed by atoms with E-state index in [-0.39, 0.29) is 12.0 Å². The average molecular weight is 397 g/mol. The summed E-state index contributed by atoms with van der Waals surface area (Å²) in [6.45, 7) is 8.75. The number of amides is 2. The molecule has 1 aromatic carbocycles. The molecule has 0 spiro atoms. The van der Waals surface area contributed by atoms with Gasteiger partial charge in [-0.1, -0.05) is 24.3 Å². The van der Waals surface area contributed by atoms with Crippen molar-refractivity contribution in [3.8, 4) is 0 Å². The number of carbonyl (C=O) groups excluding carboxylic acids is 2. The van der Waals surface area contributed by atoms with Crippen LogP contribution in [0.5, 0.6) is 0 Å². The third-order valence-corrected chi connectivity index (χ3v) is 4.89. The lowest BCUT2D eigenvalue weighted by Crippen LogP contribution is -2.49. The van der Waals surface area contributed by atoms with Crippen LogP contribution in [-0.2, 0) is 11.3 Å². The Labute approximate surface area is 170 Å². The number of rotatable bonds is 5. The van der Waals surface area contributed by atoms with Crippen molar-refractivity contribution in [3.05, 3.63) is 53.0 Å². The minimum atomic E-state index is -0.290. The molecule has 2 aromatic rings. The molecule has 0 radical (unpaired) electrons. The van der Waals surface area contributed by atoms with E-state index in [1.54, 1.807) is 24.8 Å². The zero-order valence-corrected chi connectivity index (χ0v) is 17.1. The van der Waals surface area contributed by atoms with Crippen LogP contribution in [0.1, 0.15) is 34.4 Å². The third-order valence-electron chi connectivity index (χ3n) is 4.89. The molecule has 2 heterocycles. The number of nitrogens with zero attached hydrogens (tertiary/aromatic N) is 4. The van der Waals surface area contributed by atoms with Gasteiger partial charge in [-0.2, -0.15) is 0 Å². The van der Waals surface area contributed by atoms with Gasteiger partial charge in [-0.15, -0.1) is 0 Å². The summed E-state index contributed by atoms with van der Waals surface area (Å²) in [4.78, 5) is 37.0. The molecule has 1 aliphatic rings. The predicted molar refractivity (Wildman–Crippen MR) is 110 cm³/mol. The Kier molecular flexibility index (Phi) is 6.64. The van der Waals surface area contributed by atoms with Crippen LogP contribution in [0.4, 0.5) is 10.6 Å². The minimum absolute atomic E-state index is 0.231. The summed E-state index contributed by atoms with van der Waals surface area (Å²) in [7, 11) is 0. The number of aromatic nitrogens is 2. The van der Waals surface area contributed by atoms with Crippen molar-refractivity contribution < 1.29 is 14.3 Å². The molecule has 1 N–H and O–H groups in total. The van der Waals surface area contributed by atoms with Crippen molar-refractivity contribution in [1.29, 1.82) is 0 Å². The number of aryl methyl sites for hydroxylation is 2. The van der Waals surface area contributed by atoms with Crippen molar-refractivity contribution in [2.75, 3.05) is 37.7 Å². The highest BCUT2D eigenvalue weighted by Crippen LogP contribution is 2.16. The highest BCUT2D eigenvalue weighted by Gasteiger charge is 2.23. The van der Waals surface area contributed by atoms with Gasteiger partial charge in [0, 0.05) is 38.8 Å². The molecular formula is C21H27N5O3. The molecule has 154 valence electrons. The van der Waals surface area contributed by atoms with Crippen molar-refractivity contribution in [1.82, 2.24) is 20.2 Å². The summed E-state index contributed by atoms with van der Waals surface area (Å²) >= 11 is 0. The van der Waals surface area contributed by atoms with E-state index in [0.29, 0.717) is 56.7 Å². The van der Waals surface area contributed by atoms with Crippen molar-refractivity contribution in [2.45, 2.75) is 27.3 Å². The second kappa shape index (κ2) is 9.36. The Morgan fingerprint density at radius 1 is 1.10 bits per heavy atom. The standard InChI is InChI=1S/C21H27N5O3/c1-4-29-21(28)26-11-9-25(10-12-26)19-13-18(23-16(3)24-19)20(27)22-14-17-8-6-5-7-15(17)2/h5-8,13H,4,9-12,14H2,1-3H3,(H,22,27). The second-order valence-electron chi connectivity index (χ2n) is 6.94. The van der Waals surface area contributed by atoms with Crippen molar-refractivity contribution in [3.63, 3.8) is 0 Å². The lowest BCUT2D eigenvalue weighted by Gasteiger charge is -2.34. The van der Waals surface area contributed by atoms with Crippen LogP contribution in [0.2, 0.25) is 0 Å². The van der Waals surface area contributed by atoms with E-state index in [1.165, 1.54) is 0 Å². The summed E-state index contributed by atoms with van der Waals surface area (Å²) in [6, 6.07) is 9.65. The quantitative estimate of drug-likeness (QED) is 0.833. The third kappa shape index (κ3) is 5.22. The SMILES string of the molecule is CCOC(=O)N1CCN(c2cc(C(=O)NCc3ccccc3C)nc(C)n2)CC1. The second-order valence-corrected chi connectivity index (χ2v) is 6.94. The van der Waals surface area contributed by atoms with E-state index >= 15 is 0 Å². The van der Waals surface area contributed by atoms with Gasteiger partial charge >= 0.3 is 6.09 Å². The summed E-state index contributed by atoms with van der Waals surface area (Å²) in [6.07, 6.45) is -0.290. The Balaban J connectivity index is 1.64. The number of hydrogen-bond acceptors (Lipinski definition) is 6. The van der Waals surface area contributed by atoms with Gasteiger partial charge in [0.25, 0.3) is 5.91 Å². The van der Waals surface area contributed by atoms with Gasteiger partial charge in [-0.05, 0) is 31.9 Å². The fourth-order valence-electron chi connectivity index (χ4n) is 3.24. The summed E-state index contributed by atoms with van der Waals surface area (Å²) in [5.41, 5.74) is 2.54. The smallest absolute Gasteiger partial charge is 0.409 e. The van der Waals surface area contributed by atoms with Crippen molar-refractivity contribution in [2.24, 2.45) is 0 Å².